The lowest BCUT2D eigenvalue weighted by atomic mass is 9.90. The van der Waals surface area contributed by atoms with Crippen LogP contribution in [0, 0.1) is 17.5 Å². The molecule has 0 bridgehead atoms. The molecule has 2 amide bonds. The lowest BCUT2D eigenvalue weighted by molar-refractivity contribution is -0.118. The van der Waals surface area contributed by atoms with Gasteiger partial charge in [-0.15, -0.1) is 0 Å². The van der Waals surface area contributed by atoms with Crippen LogP contribution in [0.4, 0.5) is 18.9 Å². The van der Waals surface area contributed by atoms with Gasteiger partial charge in [-0.1, -0.05) is 18.2 Å². The second kappa shape index (κ2) is 10.7. The van der Waals surface area contributed by atoms with Crippen LogP contribution in [-0.2, 0) is 24.0 Å². The standard InChI is InChI=1S/C30H25F3N4O5/c1-30(2,20-6-4-5-7-21(20)32)37(14-25(38)34-23-12-16(29(40)41)8-10-22(23)33)28(39)26-19-15-42-24-11-9-17(31)13-18(24)27(19)36(3)35-26/h4-13H,14-15H2,1-3H3,(H,34,38)(H,40,41). The van der Waals surface area contributed by atoms with Crippen molar-refractivity contribution in [1.29, 1.82) is 0 Å². The van der Waals surface area contributed by atoms with E-state index in [0.717, 1.165) is 23.1 Å². The summed E-state index contributed by atoms with van der Waals surface area (Å²) in [7, 11) is 1.58. The van der Waals surface area contributed by atoms with Gasteiger partial charge in [0.05, 0.1) is 22.5 Å². The number of rotatable bonds is 7. The summed E-state index contributed by atoms with van der Waals surface area (Å²) < 4.78 is 50.8. The number of carboxylic acids is 1. The van der Waals surface area contributed by atoms with E-state index in [2.05, 4.69) is 10.4 Å². The number of carboxylic acid groups (broad SMARTS) is 1. The largest absolute Gasteiger partial charge is 0.488 e. The van der Waals surface area contributed by atoms with Crippen LogP contribution in [0.1, 0.15) is 45.8 Å². The van der Waals surface area contributed by atoms with Gasteiger partial charge in [0, 0.05) is 23.7 Å². The summed E-state index contributed by atoms with van der Waals surface area (Å²) in [4.78, 5) is 39.9. The van der Waals surface area contributed by atoms with Gasteiger partial charge >= 0.3 is 5.97 Å². The molecule has 1 aliphatic rings. The summed E-state index contributed by atoms with van der Waals surface area (Å²) in [6.45, 7) is 2.32. The highest BCUT2D eigenvalue weighted by Gasteiger charge is 2.40. The van der Waals surface area contributed by atoms with Gasteiger partial charge in [0.25, 0.3) is 5.91 Å². The number of fused-ring (bicyclic) bond motifs is 3. The maximum atomic E-state index is 15.0. The number of halogens is 3. The van der Waals surface area contributed by atoms with Crippen LogP contribution in [0.3, 0.4) is 0 Å². The Morgan fingerprint density at radius 1 is 1.05 bits per heavy atom. The zero-order valence-electron chi connectivity index (χ0n) is 22.7. The molecule has 5 rings (SSSR count). The lowest BCUT2D eigenvalue weighted by Crippen LogP contribution is -2.50. The van der Waals surface area contributed by atoms with E-state index in [1.165, 1.54) is 41.1 Å². The molecule has 0 radical (unpaired) electrons. The zero-order chi connectivity index (χ0) is 30.3. The minimum absolute atomic E-state index is 0.0732. The number of hydrogen-bond donors (Lipinski definition) is 2. The third-order valence-corrected chi connectivity index (χ3v) is 7.16. The molecule has 1 aliphatic heterocycles. The maximum Gasteiger partial charge on any atom is 0.335 e. The second-order valence-corrected chi connectivity index (χ2v) is 10.2. The smallest absolute Gasteiger partial charge is 0.335 e. The van der Waals surface area contributed by atoms with Crippen molar-refractivity contribution >= 4 is 23.5 Å². The molecule has 216 valence electrons. The number of aromatic carboxylic acids is 1. The topological polar surface area (TPSA) is 114 Å². The average Bonchev–Trinajstić information content (AvgIpc) is 3.29. The molecular formula is C30H25F3N4O5. The van der Waals surface area contributed by atoms with Gasteiger partial charge in [0.2, 0.25) is 5.91 Å². The van der Waals surface area contributed by atoms with E-state index in [1.807, 2.05) is 0 Å². The van der Waals surface area contributed by atoms with Crippen LogP contribution in [-0.4, -0.2) is 44.1 Å². The fourth-order valence-corrected chi connectivity index (χ4v) is 5.02. The van der Waals surface area contributed by atoms with E-state index in [-0.39, 0.29) is 23.4 Å². The number of ether oxygens (including phenoxy) is 1. The van der Waals surface area contributed by atoms with Crippen LogP contribution in [0.15, 0.2) is 60.7 Å². The van der Waals surface area contributed by atoms with E-state index >= 15 is 4.39 Å². The van der Waals surface area contributed by atoms with Gasteiger partial charge in [-0.25, -0.2) is 18.0 Å². The monoisotopic (exact) mass is 578 g/mol. The van der Waals surface area contributed by atoms with Gasteiger partial charge in [-0.3, -0.25) is 14.3 Å². The van der Waals surface area contributed by atoms with E-state index in [9.17, 15) is 28.3 Å². The molecule has 3 aromatic carbocycles. The number of aryl methyl sites for hydroxylation is 1. The summed E-state index contributed by atoms with van der Waals surface area (Å²) in [5.74, 6) is -4.59. The number of benzene rings is 3. The molecule has 0 atom stereocenters. The quantitative estimate of drug-likeness (QED) is 0.315. The predicted molar refractivity (Wildman–Crippen MR) is 145 cm³/mol. The van der Waals surface area contributed by atoms with Crippen molar-refractivity contribution in [2.24, 2.45) is 7.05 Å². The first-order valence-electron chi connectivity index (χ1n) is 12.8. The normalized spacial score (nSPS) is 12.1. The Morgan fingerprint density at radius 3 is 2.50 bits per heavy atom. The number of amides is 2. The summed E-state index contributed by atoms with van der Waals surface area (Å²) in [6, 6.07) is 12.6. The molecule has 2 N–H and O–H groups in total. The summed E-state index contributed by atoms with van der Waals surface area (Å²) in [6.07, 6.45) is 0. The first-order chi connectivity index (χ1) is 19.9. The molecule has 0 fully saturated rings. The molecule has 0 unspecified atom stereocenters. The van der Waals surface area contributed by atoms with Crippen LogP contribution < -0.4 is 10.1 Å². The highest BCUT2D eigenvalue weighted by molar-refractivity contribution is 6.01. The number of carbonyl (C=O) groups is 3. The van der Waals surface area contributed by atoms with E-state index in [0.29, 0.717) is 22.6 Å². The number of carbonyl (C=O) groups excluding carboxylic acids is 2. The lowest BCUT2D eigenvalue weighted by Gasteiger charge is -2.38. The first-order valence-corrected chi connectivity index (χ1v) is 12.8. The molecule has 1 aromatic heterocycles. The molecule has 12 heteroatoms. The number of hydrogen-bond acceptors (Lipinski definition) is 5. The number of nitrogens with one attached hydrogen (secondary N) is 1. The number of aromatic nitrogens is 2. The molecular weight excluding hydrogens is 553 g/mol. The molecule has 0 spiro atoms. The molecule has 0 saturated carbocycles. The minimum atomic E-state index is -1.44. The summed E-state index contributed by atoms with van der Waals surface area (Å²) >= 11 is 0. The van der Waals surface area contributed by atoms with Crippen molar-refractivity contribution in [2.75, 3.05) is 11.9 Å². The van der Waals surface area contributed by atoms with Crippen molar-refractivity contribution in [3.8, 4) is 17.0 Å². The summed E-state index contributed by atoms with van der Waals surface area (Å²) in [5, 5.41) is 15.9. The third kappa shape index (κ3) is 5.06. The first kappa shape index (κ1) is 28.4. The van der Waals surface area contributed by atoms with E-state index in [4.69, 9.17) is 4.74 Å². The second-order valence-electron chi connectivity index (χ2n) is 10.2. The highest BCUT2D eigenvalue weighted by atomic mass is 19.1. The Hall–Kier alpha value is -5.13. The molecule has 0 saturated heterocycles. The van der Waals surface area contributed by atoms with Crippen LogP contribution in [0.5, 0.6) is 5.75 Å². The van der Waals surface area contributed by atoms with E-state index in [1.54, 1.807) is 27.0 Å². The summed E-state index contributed by atoms with van der Waals surface area (Å²) in [5.41, 5.74) is -0.934. The highest BCUT2D eigenvalue weighted by Crippen LogP contribution is 2.40. The maximum absolute atomic E-state index is 15.0. The number of anilines is 1. The van der Waals surface area contributed by atoms with Crippen molar-refractivity contribution in [1.82, 2.24) is 14.7 Å². The molecule has 2 heterocycles. The zero-order valence-corrected chi connectivity index (χ0v) is 22.7. The van der Waals surface area contributed by atoms with Gasteiger partial charge in [0.15, 0.2) is 5.69 Å². The Kier molecular flexibility index (Phi) is 7.23. The number of nitrogens with zero attached hydrogens (tertiary/aromatic N) is 3. The van der Waals surface area contributed by atoms with Gasteiger partial charge in [-0.2, -0.15) is 5.10 Å². The average molecular weight is 579 g/mol. The van der Waals surface area contributed by atoms with Crippen molar-refractivity contribution in [2.45, 2.75) is 26.0 Å². The van der Waals surface area contributed by atoms with Crippen LogP contribution in [0.25, 0.3) is 11.3 Å². The Bertz CT molecular complexity index is 1750. The fourth-order valence-electron chi connectivity index (χ4n) is 5.02. The molecule has 4 aromatic rings. The minimum Gasteiger partial charge on any atom is -0.488 e. The van der Waals surface area contributed by atoms with Crippen LogP contribution >= 0.6 is 0 Å². The van der Waals surface area contributed by atoms with Gasteiger partial charge in [0.1, 0.15) is 36.4 Å². The molecule has 0 aliphatic carbocycles. The van der Waals surface area contributed by atoms with Crippen molar-refractivity contribution in [3.63, 3.8) is 0 Å². The molecule has 9 nitrogen and oxygen atoms in total. The fraction of sp³-hybridized carbons (Fsp3) is 0.200. The predicted octanol–water partition coefficient (Wildman–Crippen LogP) is 5.11. The van der Waals surface area contributed by atoms with Crippen LogP contribution in [0.2, 0.25) is 0 Å². The Morgan fingerprint density at radius 2 is 1.79 bits per heavy atom. The SMILES string of the molecule is Cn1nc(C(=O)N(CC(=O)Nc2cc(C(=O)O)ccc2F)C(C)(C)c2ccccc2F)c2c1-c1cc(F)ccc1OC2. The van der Waals surface area contributed by atoms with Crippen molar-refractivity contribution < 1.29 is 37.4 Å². The van der Waals surface area contributed by atoms with Gasteiger partial charge in [-0.05, 0) is 56.3 Å². The van der Waals surface area contributed by atoms with E-state index < -0.39 is 53.0 Å². The Balaban J connectivity index is 1.56. The van der Waals surface area contributed by atoms with Gasteiger partial charge < -0.3 is 20.1 Å². The molecule has 42 heavy (non-hydrogen) atoms. The third-order valence-electron chi connectivity index (χ3n) is 7.16. The van der Waals surface area contributed by atoms with Crippen molar-refractivity contribution in [3.05, 3.63) is 100 Å². The Labute approximate surface area is 238 Å².